The highest BCUT2D eigenvalue weighted by Gasteiger charge is 2.15. The van der Waals surface area contributed by atoms with Crippen LogP contribution in [0.3, 0.4) is 0 Å². The Kier molecular flexibility index (Phi) is 7.74. The van der Waals surface area contributed by atoms with Gasteiger partial charge in [-0.25, -0.2) is 0 Å². The Morgan fingerprint density at radius 1 is 0.727 bits per heavy atom. The third-order valence-corrected chi connectivity index (χ3v) is 3.49. The van der Waals surface area contributed by atoms with Crippen molar-refractivity contribution in [1.29, 1.82) is 0 Å². The summed E-state index contributed by atoms with van der Waals surface area (Å²) in [6.07, 6.45) is 0. The molecule has 0 aromatic heterocycles. The number of nitrogens with zero attached hydrogens (tertiary/aromatic N) is 3. The zero-order valence-corrected chi connectivity index (χ0v) is 13.5. The van der Waals surface area contributed by atoms with Gasteiger partial charge in [-0.2, -0.15) is 15.2 Å². The van der Waals surface area contributed by atoms with Crippen molar-refractivity contribution in [3.63, 3.8) is 0 Å². The van der Waals surface area contributed by atoms with Gasteiger partial charge < -0.3 is 20.7 Å². The highest BCUT2D eigenvalue weighted by atomic mass is 16.5. The minimum atomic E-state index is 0.0599. The van der Waals surface area contributed by atoms with Crippen LogP contribution >= 0.6 is 0 Å². The van der Waals surface area contributed by atoms with Crippen molar-refractivity contribution in [2.24, 2.45) is 0 Å². The molecule has 0 spiro atoms. The quantitative estimate of drug-likeness (QED) is 0.519. The summed E-state index contributed by atoms with van der Waals surface area (Å²) in [4.78, 5) is 0. The topological polar surface area (TPSA) is 90.6 Å². The van der Waals surface area contributed by atoms with E-state index in [1.807, 2.05) is 6.92 Å². The summed E-state index contributed by atoms with van der Waals surface area (Å²) >= 11 is 0. The molecule has 1 aromatic rings. The van der Waals surface area contributed by atoms with Crippen molar-refractivity contribution in [3.8, 4) is 5.75 Å². The van der Waals surface area contributed by atoms with Crippen LogP contribution < -0.4 is 0 Å². The first kappa shape index (κ1) is 18.8. The molecule has 0 bridgehead atoms. The molecule has 0 amide bonds. The maximum absolute atomic E-state index is 10.3. The number of hydrogen-bond donors (Lipinski definition) is 4. The number of phenolic OH excluding ortho intramolecular Hbond substituents is 1. The Labute approximate surface area is 131 Å². The van der Waals surface area contributed by atoms with Crippen LogP contribution in [0.4, 0.5) is 0 Å². The molecule has 0 saturated heterocycles. The lowest BCUT2D eigenvalue weighted by molar-refractivity contribution is -0.0978. The van der Waals surface area contributed by atoms with Crippen LogP contribution in [-0.4, -0.2) is 55.6 Å². The van der Waals surface area contributed by atoms with Gasteiger partial charge in [-0.3, -0.25) is 0 Å². The summed E-state index contributed by atoms with van der Waals surface area (Å²) in [7, 11) is 0. The van der Waals surface area contributed by atoms with E-state index in [0.29, 0.717) is 37.3 Å². The lowest BCUT2D eigenvalue weighted by Crippen LogP contribution is -2.21. The average molecular weight is 313 g/mol. The molecule has 4 N–H and O–H groups in total. The summed E-state index contributed by atoms with van der Waals surface area (Å²) in [5, 5.41) is 42.7. The second kappa shape index (κ2) is 9.04. The van der Waals surface area contributed by atoms with E-state index < -0.39 is 0 Å². The van der Waals surface area contributed by atoms with E-state index in [0.717, 1.165) is 20.8 Å². The van der Waals surface area contributed by atoms with Crippen molar-refractivity contribution < 1.29 is 20.7 Å². The Bertz CT molecular complexity index is 437. The van der Waals surface area contributed by atoms with Crippen molar-refractivity contribution in [3.05, 3.63) is 28.8 Å². The Morgan fingerprint density at radius 2 is 1.09 bits per heavy atom. The van der Waals surface area contributed by atoms with E-state index in [-0.39, 0.29) is 18.8 Å². The lowest BCUT2D eigenvalue weighted by Gasteiger charge is -2.20. The van der Waals surface area contributed by atoms with Crippen LogP contribution in [0.5, 0.6) is 5.75 Å². The summed E-state index contributed by atoms with van der Waals surface area (Å²) in [6, 6.07) is 3.51. The molecule has 7 heteroatoms. The van der Waals surface area contributed by atoms with Crippen molar-refractivity contribution >= 4 is 0 Å². The molecule has 0 heterocycles. The zero-order chi connectivity index (χ0) is 16.7. The molecule has 7 nitrogen and oxygen atoms in total. The first-order valence-corrected chi connectivity index (χ1v) is 7.56. The molecule has 1 rings (SSSR count). The molecule has 0 aliphatic rings. The number of rotatable bonds is 9. The number of benzene rings is 1. The summed E-state index contributed by atoms with van der Waals surface area (Å²) in [5.41, 5.74) is 1.93. The van der Waals surface area contributed by atoms with E-state index in [9.17, 15) is 20.7 Å². The smallest absolute Gasteiger partial charge is 0.124 e. The van der Waals surface area contributed by atoms with Gasteiger partial charge in [-0.1, -0.05) is 20.8 Å². The molecule has 0 fully saturated rings. The van der Waals surface area contributed by atoms with Crippen LogP contribution in [0.1, 0.15) is 37.5 Å². The number of hydrogen-bond acceptors (Lipinski definition) is 7. The standard InChI is InChI=1S/C15H27N3O4/c1-4-16(20)9-12-7-13(10-17(21)5-2)15(19)14(8-12)11-18(22)6-3/h7-8,19-22H,4-6,9-11H2,1-3H3. The largest absolute Gasteiger partial charge is 0.507 e. The van der Waals surface area contributed by atoms with Crippen LogP contribution in [0, 0.1) is 0 Å². The molecule has 126 valence electrons. The monoisotopic (exact) mass is 313 g/mol. The van der Waals surface area contributed by atoms with Gasteiger partial charge >= 0.3 is 0 Å². The van der Waals surface area contributed by atoms with E-state index >= 15 is 0 Å². The van der Waals surface area contributed by atoms with Gasteiger partial charge in [0.05, 0.1) is 13.1 Å². The Hall–Kier alpha value is -1.22. The molecule has 0 atom stereocenters. The molecular weight excluding hydrogens is 286 g/mol. The van der Waals surface area contributed by atoms with Crippen molar-refractivity contribution in [2.75, 3.05) is 19.6 Å². The maximum atomic E-state index is 10.3. The van der Waals surface area contributed by atoms with Crippen LogP contribution in [0.15, 0.2) is 12.1 Å². The number of aromatic hydroxyl groups is 1. The minimum Gasteiger partial charge on any atom is -0.507 e. The number of hydroxylamine groups is 6. The fraction of sp³-hybridized carbons (Fsp3) is 0.600. The highest BCUT2D eigenvalue weighted by molar-refractivity contribution is 5.43. The molecule has 0 aliphatic heterocycles. The minimum absolute atomic E-state index is 0.0599. The highest BCUT2D eigenvalue weighted by Crippen LogP contribution is 2.27. The van der Waals surface area contributed by atoms with Gasteiger partial charge in [0.2, 0.25) is 0 Å². The first-order valence-electron chi connectivity index (χ1n) is 7.56. The SMILES string of the molecule is CCN(O)Cc1cc(CN(O)CC)c(O)c(CN(O)CC)c1. The van der Waals surface area contributed by atoms with E-state index in [1.54, 1.807) is 26.0 Å². The normalized spacial score (nSPS) is 11.9. The molecule has 22 heavy (non-hydrogen) atoms. The second-order valence-electron chi connectivity index (χ2n) is 5.21. The van der Waals surface area contributed by atoms with E-state index in [2.05, 4.69) is 0 Å². The molecule has 0 saturated carbocycles. The predicted molar refractivity (Wildman–Crippen MR) is 81.7 cm³/mol. The molecule has 0 aliphatic carbocycles. The third kappa shape index (κ3) is 5.53. The number of phenols is 1. The van der Waals surface area contributed by atoms with Gasteiger partial charge in [-0.15, -0.1) is 0 Å². The second-order valence-corrected chi connectivity index (χ2v) is 5.21. The van der Waals surface area contributed by atoms with Crippen molar-refractivity contribution in [1.82, 2.24) is 15.2 Å². The van der Waals surface area contributed by atoms with Crippen LogP contribution in [-0.2, 0) is 19.6 Å². The van der Waals surface area contributed by atoms with Crippen molar-refractivity contribution in [2.45, 2.75) is 40.4 Å². The van der Waals surface area contributed by atoms with Crippen LogP contribution in [0.2, 0.25) is 0 Å². The summed E-state index contributed by atoms with van der Waals surface area (Å²) in [6.45, 7) is 7.46. The van der Waals surface area contributed by atoms with Gasteiger partial charge in [-0.05, 0) is 17.7 Å². The third-order valence-electron chi connectivity index (χ3n) is 3.49. The fourth-order valence-electron chi connectivity index (χ4n) is 2.10. The lowest BCUT2D eigenvalue weighted by atomic mass is 10.0. The fourth-order valence-corrected chi connectivity index (χ4v) is 2.10. The van der Waals surface area contributed by atoms with Crippen LogP contribution in [0.25, 0.3) is 0 Å². The molecule has 1 aromatic carbocycles. The average Bonchev–Trinajstić information content (AvgIpc) is 2.51. The molecule has 0 unspecified atom stereocenters. The van der Waals surface area contributed by atoms with Gasteiger partial charge in [0.25, 0.3) is 0 Å². The van der Waals surface area contributed by atoms with E-state index in [1.165, 1.54) is 0 Å². The van der Waals surface area contributed by atoms with Gasteiger partial charge in [0.1, 0.15) is 5.75 Å². The first-order chi connectivity index (χ1) is 10.4. The summed E-state index contributed by atoms with van der Waals surface area (Å²) in [5.74, 6) is 0.0599. The van der Waals surface area contributed by atoms with E-state index in [4.69, 9.17) is 0 Å². The predicted octanol–water partition coefficient (Wildman–Crippen LogP) is 2.03. The Morgan fingerprint density at radius 3 is 1.45 bits per heavy atom. The Balaban J connectivity index is 3.11. The molecular formula is C15H27N3O4. The van der Waals surface area contributed by atoms with Gasteiger partial charge in [0.15, 0.2) is 0 Å². The maximum Gasteiger partial charge on any atom is 0.124 e. The zero-order valence-electron chi connectivity index (χ0n) is 13.5. The van der Waals surface area contributed by atoms with Gasteiger partial charge in [0, 0.05) is 37.3 Å². The summed E-state index contributed by atoms with van der Waals surface area (Å²) < 4.78 is 0. The molecule has 0 radical (unpaired) electrons.